The molecule has 0 radical (unpaired) electrons. The Bertz CT molecular complexity index is 900. The molecule has 7 heteroatoms. The molecule has 176 valence electrons. The minimum Gasteiger partial charge on any atom is -0.344 e. The Balaban J connectivity index is 1.84. The van der Waals surface area contributed by atoms with Gasteiger partial charge in [0.2, 0.25) is 11.8 Å². The van der Waals surface area contributed by atoms with Crippen molar-refractivity contribution in [2.45, 2.75) is 70.8 Å². The van der Waals surface area contributed by atoms with Gasteiger partial charge in [-0.1, -0.05) is 50.1 Å². The molecule has 0 unspecified atom stereocenters. The van der Waals surface area contributed by atoms with E-state index in [-0.39, 0.29) is 36.2 Å². The molecule has 1 aromatic heterocycles. The third-order valence-electron chi connectivity index (χ3n) is 5.33. The third kappa shape index (κ3) is 10.2. The van der Waals surface area contributed by atoms with Gasteiger partial charge in [0.15, 0.2) is 5.78 Å². The molecule has 2 amide bonds. The number of nitrogens with one attached hydrogen (secondary N) is 2. The lowest BCUT2D eigenvalue weighted by atomic mass is 10.0. The van der Waals surface area contributed by atoms with Crippen molar-refractivity contribution in [3.8, 4) is 0 Å². The molecule has 33 heavy (non-hydrogen) atoms. The summed E-state index contributed by atoms with van der Waals surface area (Å²) in [5.74, 6) is -0.333. The Kier molecular flexibility index (Phi) is 11.5. The summed E-state index contributed by atoms with van der Waals surface area (Å²) in [7, 11) is 0. The summed E-state index contributed by atoms with van der Waals surface area (Å²) >= 11 is 0. The molecule has 2 aromatic rings. The van der Waals surface area contributed by atoms with Gasteiger partial charge < -0.3 is 10.6 Å². The highest BCUT2D eigenvalue weighted by Gasteiger charge is 2.21. The van der Waals surface area contributed by atoms with E-state index in [9.17, 15) is 19.2 Å². The normalized spacial score (nSPS) is 11.4. The molecule has 0 aliphatic heterocycles. The molecule has 2 N–H and O–H groups in total. The van der Waals surface area contributed by atoms with E-state index in [2.05, 4.69) is 15.6 Å². The summed E-state index contributed by atoms with van der Waals surface area (Å²) in [5, 5.41) is 5.60. The number of rotatable bonds is 15. The molecular formula is C26H33N3O4. The van der Waals surface area contributed by atoms with Crippen LogP contribution in [0.15, 0.2) is 54.9 Å². The maximum absolute atomic E-state index is 12.8. The highest BCUT2D eigenvalue weighted by molar-refractivity contribution is 5.97. The number of aromatic nitrogens is 1. The fourth-order valence-electron chi connectivity index (χ4n) is 3.40. The lowest BCUT2D eigenvalue weighted by Gasteiger charge is -2.18. The molecule has 0 spiro atoms. The van der Waals surface area contributed by atoms with Crippen molar-refractivity contribution in [3.05, 3.63) is 60.4 Å². The summed E-state index contributed by atoms with van der Waals surface area (Å²) in [4.78, 5) is 52.9. The quantitative estimate of drug-likeness (QED) is 0.307. The SMILES string of the molecule is CCC(=O)CCCCC[C@H](NC(=O)CCCC(=O)c1ccccc1)C(=O)Nc1cccnc1. The van der Waals surface area contributed by atoms with Crippen LogP contribution in [0.4, 0.5) is 5.69 Å². The zero-order chi connectivity index (χ0) is 23.9. The van der Waals surface area contributed by atoms with Gasteiger partial charge in [0.1, 0.15) is 11.8 Å². The van der Waals surface area contributed by atoms with E-state index in [4.69, 9.17) is 0 Å². The van der Waals surface area contributed by atoms with Crippen LogP contribution in [0.1, 0.15) is 75.1 Å². The zero-order valence-electron chi connectivity index (χ0n) is 19.2. The number of carbonyl (C=O) groups excluding carboxylic acids is 4. The van der Waals surface area contributed by atoms with Crippen molar-refractivity contribution in [2.75, 3.05) is 5.32 Å². The van der Waals surface area contributed by atoms with Crippen molar-refractivity contribution in [1.82, 2.24) is 10.3 Å². The van der Waals surface area contributed by atoms with E-state index in [0.29, 0.717) is 36.9 Å². The fourth-order valence-corrected chi connectivity index (χ4v) is 3.40. The fraction of sp³-hybridized carbons (Fsp3) is 0.423. The first kappa shape index (κ1) is 25.9. The number of benzene rings is 1. The Hall–Kier alpha value is -3.35. The first-order chi connectivity index (χ1) is 16.0. The Morgan fingerprint density at radius 2 is 1.67 bits per heavy atom. The molecule has 1 atom stereocenters. The topological polar surface area (TPSA) is 105 Å². The van der Waals surface area contributed by atoms with E-state index >= 15 is 0 Å². The number of amides is 2. The van der Waals surface area contributed by atoms with Crippen molar-refractivity contribution >= 4 is 29.1 Å². The molecule has 2 rings (SSSR count). The molecular weight excluding hydrogens is 418 g/mol. The van der Waals surface area contributed by atoms with Gasteiger partial charge >= 0.3 is 0 Å². The van der Waals surface area contributed by atoms with Crippen molar-refractivity contribution in [1.29, 1.82) is 0 Å². The number of carbonyl (C=O) groups is 4. The van der Waals surface area contributed by atoms with Crippen LogP contribution in [0, 0.1) is 0 Å². The molecule has 7 nitrogen and oxygen atoms in total. The van der Waals surface area contributed by atoms with Crippen LogP contribution in [-0.2, 0) is 14.4 Å². The number of hydrogen-bond donors (Lipinski definition) is 2. The van der Waals surface area contributed by atoms with E-state index < -0.39 is 6.04 Å². The van der Waals surface area contributed by atoms with Crippen LogP contribution < -0.4 is 10.6 Å². The first-order valence-corrected chi connectivity index (χ1v) is 11.6. The molecule has 1 aromatic carbocycles. The van der Waals surface area contributed by atoms with Crippen molar-refractivity contribution in [2.24, 2.45) is 0 Å². The van der Waals surface area contributed by atoms with Gasteiger partial charge in [-0.15, -0.1) is 0 Å². The largest absolute Gasteiger partial charge is 0.344 e. The number of nitrogens with zero attached hydrogens (tertiary/aromatic N) is 1. The van der Waals surface area contributed by atoms with Gasteiger partial charge in [-0.25, -0.2) is 0 Å². The molecule has 0 fully saturated rings. The van der Waals surface area contributed by atoms with Crippen LogP contribution >= 0.6 is 0 Å². The minimum atomic E-state index is -0.690. The van der Waals surface area contributed by atoms with Crippen molar-refractivity contribution in [3.63, 3.8) is 0 Å². The lowest BCUT2D eigenvalue weighted by Crippen LogP contribution is -2.43. The number of unbranched alkanes of at least 4 members (excludes halogenated alkanes) is 2. The Labute approximate surface area is 195 Å². The third-order valence-corrected chi connectivity index (χ3v) is 5.33. The summed E-state index contributed by atoms with van der Waals surface area (Å²) in [6.07, 6.45) is 7.87. The van der Waals surface area contributed by atoms with Gasteiger partial charge in [-0.05, 0) is 31.4 Å². The summed E-state index contributed by atoms with van der Waals surface area (Å²) < 4.78 is 0. The maximum atomic E-state index is 12.8. The summed E-state index contributed by atoms with van der Waals surface area (Å²) in [6.45, 7) is 1.85. The smallest absolute Gasteiger partial charge is 0.246 e. The van der Waals surface area contributed by atoms with Crippen LogP contribution in [0.5, 0.6) is 0 Å². The second kappa shape index (κ2) is 14.7. The van der Waals surface area contributed by atoms with E-state index in [0.717, 1.165) is 19.3 Å². The van der Waals surface area contributed by atoms with Gasteiger partial charge in [-0.3, -0.25) is 24.2 Å². The zero-order valence-corrected chi connectivity index (χ0v) is 19.2. The second-order valence-electron chi connectivity index (χ2n) is 7.99. The average Bonchev–Trinajstić information content (AvgIpc) is 2.84. The van der Waals surface area contributed by atoms with Crippen LogP contribution in [0.3, 0.4) is 0 Å². The van der Waals surface area contributed by atoms with E-state index in [1.165, 1.54) is 0 Å². The van der Waals surface area contributed by atoms with E-state index in [1.807, 2.05) is 25.1 Å². The number of hydrogen-bond acceptors (Lipinski definition) is 5. The Morgan fingerprint density at radius 1 is 0.879 bits per heavy atom. The van der Waals surface area contributed by atoms with Crippen molar-refractivity contribution < 1.29 is 19.2 Å². The van der Waals surface area contributed by atoms with Crippen LogP contribution in [-0.4, -0.2) is 34.4 Å². The predicted octanol–water partition coefficient (Wildman–Crippen LogP) is 4.49. The van der Waals surface area contributed by atoms with Gasteiger partial charge in [0, 0.05) is 37.4 Å². The van der Waals surface area contributed by atoms with E-state index in [1.54, 1.807) is 36.7 Å². The van der Waals surface area contributed by atoms with Gasteiger partial charge in [-0.2, -0.15) is 0 Å². The van der Waals surface area contributed by atoms with Gasteiger partial charge in [0.05, 0.1) is 11.9 Å². The first-order valence-electron chi connectivity index (χ1n) is 11.6. The maximum Gasteiger partial charge on any atom is 0.246 e. The van der Waals surface area contributed by atoms with Gasteiger partial charge in [0.25, 0.3) is 0 Å². The Morgan fingerprint density at radius 3 is 2.36 bits per heavy atom. The molecule has 0 saturated heterocycles. The molecule has 0 aliphatic carbocycles. The average molecular weight is 452 g/mol. The minimum absolute atomic E-state index is 0.00380. The predicted molar refractivity (Wildman–Crippen MR) is 128 cm³/mol. The number of pyridine rings is 1. The summed E-state index contributed by atoms with van der Waals surface area (Å²) in [6, 6.07) is 11.7. The molecule has 0 aliphatic rings. The molecule has 0 bridgehead atoms. The number of anilines is 1. The monoisotopic (exact) mass is 451 g/mol. The molecule has 0 saturated carbocycles. The number of Topliss-reactive ketones (excluding diaryl/α,β-unsaturated/α-hetero) is 2. The van der Waals surface area contributed by atoms with Crippen LogP contribution in [0.2, 0.25) is 0 Å². The molecule has 1 heterocycles. The second-order valence-corrected chi connectivity index (χ2v) is 7.99. The highest BCUT2D eigenvalue weighted by Crippen LogP contribution is 2.12. The highest BCUT2D eigenvalue weighted by atomic mass is 16.2. The summed E-state index contributed by atoms with van der Waals surface area (Å²) in [5.41, 5.74) is 1.19. The lowest BCUT2D eigenvalue weighted by molar-refractivity contribution is -0.126. The number of ketones is 2. The standard InChI is InChI=1S/C26H33N3O4/c1-2-22(30)14-7-4-8-15-23(26(33)28-21-13-10-18-27-19-21)29-25(32)17-9-16-24(31)20-11-5-3-6-12-20/h3,5-6,10-13,18-19,23H,2,4,7-9,14-17H2,1H3,(H,28,33)(H,29,32)/t23-/m0/s1. The van der Waals surface area contributed by atoms with Crippen LogP contribution in [0.25, 0.3) is 0 Å².